The van der Waals surface area contributed by atoms with Crippen LogP contribution in [0.15, 0.2) is 23.0 Å². The number of hydrogen-bond acceptors (Lipinski definition) is 2. The van der Waals surface area contributed by atoms with E-state index in [9.17, 15) is 9.59 Å². The third-order valence-electron chi connectivity index (χ3n) is 4.25. The minimum atomic E-state index is -0.0894. The van der Waals surface area contributed by atoms with E-state index in [1.165, 1.54) is 5.56 Å². The quantitative estimate of drug-likeness (QED) is 0.889. The lowest BCUT2D eigenvalue weighted by Gasteiger charge is -2.16. The number of H-pyrrole nitrogens is 1. The molecule has 0 aliphatic carbocycles. The molecule has 23 heavy (non-hydrogen) atoms. The van der Waals surface area contributed by atoms with E-state index >= 15 is 0 Å². The van der Waals surface area contributed by atoms with Crippen molar-refractivity contribution in [2.45, 2.75) is 46.5 Å². The van der Waals surface area contributed by atoms with Crippen LogP contribution in [0, 0.1) is 13.8 Å². The molecule has 0 radical (unpaired) electrons. The summed E-state index contributed by atoms with van der Waals surface area (Å²) in [6.07, 6.45) is 2.94. The van der Waals surface area contributed by atoms with Crippen molar-refractivity contribution in [3.8, 4) is 0 Å². The van der Waals surface area contributed by atoms with E-state index in [4.69, 9.17) is 0 Å². The largest absolute Gasteiger partial charge is 0.346 e. The summed E-state index contributed by atoms with van der Waals surface area (Å²) in [4.78, 5) is 29.1. The molecule has 0 fully saturated rings. The third kappa shape index (κ3) is 4.21. The Bertz CT molecular complexity index is 762. The van der Waals surface area contributed by atoms with Gasteiger partial charge in [-0.05, 0) is 49.8 Å². The van der Waals surface area contributed by atoms with Crippen molar-refractivity contribution in [3.63, 3.8) is 0 Å². The zero-order chi connectivity index (χ0) is 17.0. The molecular weight excluding hydrogens is 288 g/mol. The zero-order valence-corrected chi connectivity index (χ0v) is 14.5. The van der Waals surface area contributed by atoms with Crippen LogP contribution in [-0.2, 0) is 11.2 Å². The van der Waals surface area contributed by atoms with Gasteiger partial charge in [0.1, 0.15) is 0 Å². The lowest BCUT2D eigenvalue weighted by molar-refractivity contribution is -0.129. The van der Waals surface area contributed by atoms with Gasteiger partial charge in [0.15, 0.2) is 0 Å². The summed E-state index contributed by atoms with van der Waals surface area (Å²) in [5, 5.41) is 1.03. The molecule has 0 saturated carbocycles. The van der Waals surface area contributed by atoms with Gasteiger partial charge in [0.2, 0.25) is 5.91 Å². The van der Waals surface area contributed by atoms with E-state index in [1.54, 1.807) is 4.90 Å². The van der Waals surface area contributed by atoms with Gasteiger partial charge in [-0.2, -0.15) is 0 Å². The SMILES string of the molecule is CCCCN(C)C(=O)CCc1cc2cc(C)cc(C)c2[nH]c1=O. The van der Waals surface area contributed by atoms with Crippen molar-refractivity contribution in [2.75, 3.05) is 13.6 Å². The van der Waals surface area contributed by atoms with Crippen LogP contribution in [0.5, 0.6) is 0 Å². The summed E-state index contributed by atoms with van der Waals surface area (Å²) < 4.78 is 0. The minimum Gasteiger partial charge on any atom is -0.346 e. The maximum Gasteiger partial charge on any atom is 0.251 e. The Morgan fingerprint density at radius 1 is 1.22 bits per heavy atom. The first kappa shape index (κ1) is 17.3. The van der Waals surface area contributed by atoms with E-state index in [-0.39, 0.29) is 11.5 Å². The number of benzene rings is 1. The average molecular weight is 314 g/mol. The maximum absolute atomic E-state index is 12.2. The van der Waals surface area contributed by atoms with E-state index in [0.29, 0.717) is 18.4 Å². The number of aromatic nitrogens is 1. The van der Waals surface area contributed by atoms with E-state index < -0.39 is 0 Å². The van der Waals surface area contributed by atoms with Gasteiger partial charge in [0.25, 0.3) is 5.56 Å². The highest BCUT2D eigenvalue weighted by Crippen LogP contribution is 2.18. The topological polar surface area (TPSA) is 53.2 Å². The highest BCUT2D eigenvalue weighted by atomic mass is 16.2. The highest BCUT2D eigenvalue weighted by molar-refractivity contribution is 5.83. The van der Waals surface area contributed by atoms with Crippen LogP contribution >= 0.6 is 0 Å². The van der Waals surface area contributed by atoms with Crippen LogP contribution in [0.25, 0.3) is 10.9 Å². The van der Waals surface area contributed by atoms with Gasteiger partial charge in [-0.25, -0.2) is 0 Å². The molecule has 0 saturated heterocycles. The average Bonchev–Trinajstić information content (AvgIpc) is 2.51. The Labute approximate surface area is 137 Å². The first-order chi connectivity index (χ1) is 10.9. The fraction of sp³-hybridized carbons (Fsp3) is 0.474. The monoisotopic (exact) mass is 314 g/mol. The first-order valence-electron chi connectivity index (χ1n) is 8.29. The van der Waals surface area contributed by atoms with Crippen molar-refractivity contribution in [1.29, 1.82) is 0 Å². The van der Waals surface area contributed by atoms with Crippen molar-refractivity contribution >= 4 is 16.8 Å². The molecule has 0 bridgehead atoms. The molecule has 4 heteroatoms. The minimum absolute atomic E-state index is 0.0894. The summed E-state index contributed by atoms with van der Waals surface area (Å²) in [6.45, 7) is 6.93. The van der Waals surface area contributed by atoms with E-state index in [1.807, 2.05) is 27.0 Å². The second-order valence-corrected chi connectivity index (χ2v) is 6.34. The van der Waals surface area contributed by atoms with E-state index in [0.717, 1.165) is 35.9 Å². The zero-order valence-electron chi connectivity index (χ0n) is 14.5. The normalized spacial score (nSPS) is 11.0. The second-order valence-electron chi connectivity index (χ2n) is 6.34. The molecule has 0 aliphatic heterocycles. The van der Waals surface area contributed by atoms with Crippen molar-refractivity contribution in [1.82, 2.24) is 9.88 Å². The van der Waals surface area contributed by atoms with Crippen molar-refractivity contribution in [2.24, 2.45) is 0 Å². The van der Waals surface area contributed by atoms with Crippen LogP contribution in [0.2, 0.25) is 0 Å². The third-order valence-corrected chi connectivity index (χ3v) is 4.25. The van der Waals surface area contributed by atoms with Gasteiger partial charge in [-0.1, -0.05) is 25.0 Å². The molecule has 1 heterocycles. The molecule has 0 spiro atoms. The predicted octanol–water partition coefficient (Wildman–Crippen LogP) is 3.34. The molecule has 2 rings (SSSR count). The summed E-state index contributed by atoms with van der Waals surface area (Å²) in [5.41, 5.74) is 3.71. The molecule has 0 aliphatic rings. The highest BCUT2D eigenvalue weighted by Gasteiger charge is 2.11. The summed E-state index contributed by atoms with van der Waals surface area (Å²) in [6, 6.07) is 6.05. The smallest absolute Gasteiger partial charge is 0.251 e. The second kappa shape index (κ2) is 7.44. The Morgan fingerprint density at radius 2 is 1.96 bits per heavy atom. The fourth-order valence-electron chi connectivity index (χ4n) is 2.87. The lowest BCUT2D eigenvalue weighted by Crippen LogP contribution is -2.28. The number of aryl methyl sites for hydroxylation is 3. The first-order valence-corrected chi connectivity index (χ1v) is 8.29. The van der Waals surface area contributed by atoms with Crippen LogP contribution in [0.4, 0.5) is 0 Å². The summed E-state index contributed by atoms with van der Waals surface area (Å²) >= 11 is 0. The number of unbranched alkanes of at least 4 members (excludes halogenated alkanes) is 1. The number of amides is 1. The standard InChI is InChI=1S/C19H26N2O2/c1-5-6-9-21(4)17(22)8-7-15-12-16-11-13(2)10-14(3)18(16)20-19(15)23/h10-12H,5-9H2,1-4H3,(H,20,23). The van der Waals surface area contributed by atoms with Crippen molar-refractivity contribution < 1.29 is 4.79 Å². The summed E-state index contributed by atoms with van der Waals surface area (Å²) in [7, 11) is 1.83. The van der Waals surface area contributed by atoms with Crippen molar-refractivity contribution in [3.05, 3.63) is 45.2 Å². The molecule has 4 nitrogen and oxygen atoms in total. The Hall–Kier alpha value is -2.10. The van der Waals surface area contributed by atoms with Crippen LogP contribution < -0.4 is 5.56 Å². The van der Waals surface area contributed by atoms with E-state index in [2.05, 4.69) is 24.0 Å². The molecule has 1 aromatic carbocycles. The van der Waals surface area contributed by atoms with Gasteiger partial charge in [-0.3, -0.25) is 9.59 Å². The number of carbonyl (C=O) groups is 1. The number of fused-ring (bicyclic) bond motifs is 1. The number of carbonyl (C=O) groups excluding carboxylic acids is 1. The maximum atomic E-state index is 12.2. The molecule has 1 N–H and O–H groups in total. The van der Waals surface area contributed by atoms with Gasteiger partial charge >= 0.3 is 0 Å². The van der Waals surface area contributed by atoms with Gasteiger partial charge < -0.3 is 9.88 Å². The number of nitrogens with one attached hydrogen (secondary N) is 1. The van der Waals surface area contributed by atoms with Crippen LogP contribution in [0.3, 0.4) is 0 Å². The molecule has 1 aromatic heterocycles. The number of nitrogens with zero attached hydrogens (tertiary/aromatic N) is 1. The van der Waals surface area contributed by atoms with Crippen LogP contribution in [0.1, 0.15) is 42.9 Å². The Morgan fingerprint density at radius 3 is 2.65 bits per heavy atom. The molecule has 2 aromatic rings. The van der Waals surface area contributed by atoms with Crippen LogP contribution in [-0.4, -0.2) is 29.4 Å². The Kier molecular flexibility index (Phi) is 5.59. The van der Waals surface area contributed by atoms with Gasteiger partial charge in [0.05, 0.1) is 5.52 Å². The lowest BCUT2D eigenvalue weighted by atomic mass is 10.0. The number of hydrogen-bond donors (Lipinski definition) is 1. The molecule has 0 atom stereocenters. The number of pyridine rings is 1. The molecular formula is C19H26N2O2. The molecule has 0 unspecified atom stereocenters. The van der Waals surface area contributed by atoms with Gasteiger partial charge in [0, 0.05) is 25.6 Å². The number of rotatable bonds is 6. The fourth-order valence-corrected chi connectivity index (χ4v) is 2.87. The molecule has 1 amide bonds. The van der Waals surface area contributed by atoms with Gasteiger partial charge in [-0.15, -0.1) is 0 Å². The summed E-state index contributed by atoms with van der Waals surface area (Å²) in [5.74, 6) is 0.0957. The number of aromatic amines is 1. The molecule has 124 valence electrons. The Balaban J connectivity index is 2.16. The predicted molar refractivity (Wildman–Crippen MR) is 94.9 cm³/mol.